The number of hydrogen-bond acceptors (Lipinski definition) is 5. The smallest absolute Gasteiger partial charge is 0.157 e. The van der Waals surface area contributed by atoms with Gasteiger partial charge in [0, 0.05) is 25.5 Å². The molecule has 5 heteroatoms. The summed E-state index contributed by atoms with van der Waals surface area (Å²) in [6.45, 7) is 8.01. The predicted octanol–water partition coefficient (Wildman–Crippen LogP) is 3.58. The van der Waals surface area contributed by atoms with Crippen LogP contribution in [0.5, 0.6) is 0 Å². The topological polar surface area (TPSA) is 47.0 Å². The first-order chi connectivity index (χ1) is 9.19. The average Bonchev–Trinajstić information content (AvgIpc) is 2.42. The molecule has 0 aliphatic rings. The number of nitrogens with zero attached hydrogens (tertiary/aromatic N) is 2. The molecule has 0 saturated carbocycles. The molecular weight excluding hydrogens is 258 g/mol. The van der Waals surface area contributed by atoms with Crippen LogP contribution in [0.2, 0.25) is 0 Å². The van der Waals surface area contributed by atoms with E-state index in [-0.39, 0.29) is 0 Å². The van der Waals surface area contributed by atoms with Gasteiger partial charge in [-0.3, -0.25) is 0 Å². The van der Waals surface area contributed by atoms with Crippen molar-refractivity contribution in [1.82, 2.24) is 9.97 Å². The van der Waals surface area contributed by atoms with E-state index in [9.17, 15) is 0 Å². The van der Waals surface area contributed by atoms with Crippen molar-refractivity contribution in [1.29, 1.82) is 0 Å². The zero-order chi connectivity index (χ0) is 14.1. The summed E-state index contributed by atoms with van der Waals surface area (Å²) in [5, 5.41) is 4.34. The van der Waals surface area contributed by atoms with Crippen LogP contribution in [0.4, 0.5) is 5.82 Å². The molecule has 0 fully saturated rings. The van der Waals surface area contributed by atoms with Crippen LogP contribution in [-0.2, 0) is 11.3 Å². The Morgan fingerprint density at radius 1 is 1.37 bits per heavy atom. The molecule has 1 aromatic rings. The van der Waals surface area contributed by atoms with E-state index in [4.69, 9.17) is 4.74 Å². The molecule has 0 aliphatic carbocycles. The van der Waals surface area contributed by atoms with Gasteiger partial charge < -0.3 is 10.1 Å². The molecule has 0 bridgehead atoms. The van der Waals surface area contributed by atoms with Crippen molar-refractivity contribution in [2.45, 2.75) is 45.2 Å². The molecule has 19 heavy (non-hydrogen) atoms. The highest BCUT2D eigenvalue weighted by Gasteiger charge is 2.07. The molecular formula is C14H25N3OS. The number of rotatable bonds is 9. The van der Waals surface area contributed by atoms with Crippen LogP contribution in [0.3, 0.4) is 0 Å². The van der Waals surface area contributed by atoms with Crippen LogP contribution in [-0.4, -0.2) is 29.4 Å². The van der Waals surface area contributed by atoms with E-state index in [1.165, 1.54) is 6.42 Å². The number of ether oxygens (including phenoxy) is 1. The lowest BCUT2D eigenvalue weighted by atomic mass is 10.2. The van der Waals surface area contributed by atoms with E-state index in [1.54, 1.807) is 18.9 Å². The molecule has 0 amide bonds. The Morgan fingerprint density at radius 2 is 2.16 bits per heavy atom. The molecule has 1 aromatic heterocycles. The molecule has 0 spiro atoms. The number of anilines is 1. The van der Waals surface area contributed by atoms with Gasteiger partial charge in [-0.05, 0) is 12.3 Å². The Kier molecular flexibility index (Phi) is 7.82. The first-order valence-corrected chi connectivity index (χ1v) is 7.91. The van der Waals surface area contributed by atoms with Crippen LogP contribution in [0, 0.1) is 5.92 Å². The van der Waals surface area contributed by atoms with Crippen LogP contribution in [0.1, 0.15) is 39.4 Å². The van der Waals surface area contributed by atoms with Gasteiger partial charge in [-0.25, -0.2) is 9.97 Å². The molecule has 1 heterocycles. The highest BCUT2D eigenvalue weighted by Crippen LogP contribution is 2.22. The lowest BCUT2D eigenvalue weighted by Gasteiger charge is -2.11. The lowest BCUT2D eigenvalue weighted by Crippen LogP contribution is -2.07. The summed E-state index contributed by atoms with van der Waals surface area (Å²) in [6.07, 6.45) is 2.28. The summed E-state index contributed by atoms with van der Waals surface area (Å²) < 4.78 is 5.13. The second-order valence-corrected chi connectivity index (χ2v) is 5.73. The van der Waals surface area contributed by atoms with Gasteiger partial charge in [-0.1, -0.05) is 27.2 Å². The number of nitrogens with one attached hydrogen (secondary N) is 1. The minimum Gasteiger partial charge on any atom is -0.377 e. The Balaban J connectivity index is 2.73. The monoisotopic (exact) mass is 283 g/mol. The van der Waals surface area contributed by atoms with E-state index in [2.05, 4.69) is 36.1 Å². The third-order valence-corrected chi connectivity index (χ3v) is 4.03. The van der Waals surface area contributed by atoms with Crippen LogP contribution in [0.25, 0.3) is 0 Å². The maximum Gasteiger partial charge on any atom is 0.157 e. The molecule has 0 radical (unpaired) electrons. The standard InChI is InChI=1S/C14H25N3OS/c1-5-7-15-12-8-14(19-10-11(3)6-2)17-13(16-12)9-18-4/h8,11H,5-7,9-10H2,1-4H3,(H,15,16,17). The van der Waals surface area contributed by atoms with E-state index < -0.39 is 0 Å². The van der Waals surface area contributed by atoms with Crippen molar-refractivity contribution in [3.8, 4) is 0 Å². The number of methoxy groups -OCH3 is 1. The molecule has 1 atom stereocenters. The second kappa shape index (κ2) is 9.15. The summed E-state index contributed by atoms with van der Waals surface area (Å²) in [7, 11) is 1.67. The molecule has 0 saturated heterocycles. The van der Waals surface area contributed by atoms with E-state index >= 15 is 0 Å². The normalized spacial score (nSPS) is 12.4. The Morgan fingerprint density at radius 3 is 2.79 bits per heavy atom. The van der Waals surface area contributed by atoms with E-state index in [1.807, 2.05) is 6.07 Å². The highest BCUT2D eigenvalue weighted by molar-refractivity contribution is 7.99. The van der Waals surface area contributed by atoms with Gasteiger partial charge in [-0.2, -0.15) is 0 Å². The minimum absolute atomic E-state index is 0.457. The first kappa shape index (κ1) is 16.2. The molecule has 4 nitrogen and oxygen atoms in total. The first-order valence-electron chi connectivity index (χ1n) is 6.93. The van der Waals surface area contributed by atoms with Crippen molar-refractivity contribution >= 4 is 17.6 Å². The van der Waals surface area contributed by atoms with Crippen molar-refractivity contribution in [3.05, 3.63) is 11.9 Å². The zero-order valence-electron chi connectivity index (χ0n) is 12.4. The summed E-state index contributed by atoms with van der Waals surface area (Å²) >= 11 is 1.79. The number of hydrogen-bond donors (Lipinski definition) is 1. The van der Waals surface area contributed by atoms with E-state index in [0.29, 0.717) is 12.5 Å². The molecule has 1 unspecified atom stereocenters. The molecule has 0 aliphatic heterocycles. The third kappa shape index (κ3) is 6.25. The predicted molar refractivity (Wildman–Crippen MR) is 81.7 cm³/mol. The fourth-order valence-corrected chi connectivity index (χ4v) is 2.49. The number of aromatic nitrogens is 2. The summed E-state index contributed by atoms with van der Waals surface area (Å²) in [5.74, 6) is 3.44. The van der Waals surface area contributed by atoms with Gasteiger partial charge >= 0.3 is 0 Å². The van der Waals surface area contributed by atoms with Gasteiger partial charge in [0.2, 0.25) is 0 Å². The summed E-state index contributed by atoms with van der Waals surface area (Å²) in [6, 6.07) is 2.03. The Hall–Kier alpha value is -0.810. The minimum atomic E-state index is 0.457. The van der Waals surface area contributed by atoms with Crippen LogP contribution in [0.15, 0.2) is 11.1 Å². The molecule has 1 rings (SSSR count). The van der Waals surface area contributed by atoms with Crippen LogP contribution < -0.4 is 5.32 Å². The largest absolute Gasteiger partial charge is 0.377 e. The summed E-state index contributed by atoms with van der Waals surface area (Å²) in [4.78, 5) is 8.97. The quantitative estimate of drug-likeness (QED) is 0.554. The lowest BCUT2D eigenvalue weighted by molar-refractivity contribution is 0.177. The fourth-order valence-electron chi connectivity index (χ4n) is 1.43. The van der Waals surface area contributed by atoms with Crippen molar-refractivity contribution in [2.24, 2.45) is 5.92 Å². The zero-order valence-corrected chi connectivity index (χ0v) is 13.2. The van der Waals surface area contributed by atoms with Crippen molar-refractivity contribution in [2.75, 3.05) is 24.7 Å². The number of thioether (sulfide) groups is 1. The molecule has 108 valence electrons. The van der Waals surface area contributed by atoms with E-state index in [0.717, 1.165) is 35.4 Å². The third-order valence-electron chi connectivity index (χ3n) is 2.79. The van der Waals surface area contributed by atoms with Crippen molar-refractivity contribution in [3.63, 3.8) is 0 Å². The Bertz CT molecular complexity index is 374. The van der Waals surface area contributed by atoms with Gasteiger partial charge in [-0.15, -0.1) is 11.8 Å². The van der Waals surface area contributed by atoms with Gasteiger partial charge in [0.25, 0.3) is 0 Å². The fraction of sp³-hybridized carbons (Fsp3) is 0.714. The van der Waals surface area contributed by atoms with Crippen LogP contribution >= 0.6 is 11.8 Å². The maximum atomic E-state index is 5.13. The van der Waals surface area contributed by atoms with Gasteiger partial charge in [0.15, 0.2) is 5.82 Å². The Labute approximate surface area is 120 Å². The summed E-state index contributed by atoms with van der Waals surface area (Å²) in [5.41, 5.74) is 0. The maximum absolute atomic E-state index is 5.13. The molecule has 1 N–H and O–H groups in total. The second-order valence-electron chi connectivity index (χ2n) is 4.69. The highest BCUT2D eigenvalue weighted by atomic mass is 32.2. The van der Waals surface area contributed by atoms with Gasteiger partial charge in [0.1, 0.15) is 17.5 Å². The SMILES string of the molecule is CCCNc1cc(SCC(C)CC)nc(COC)n1. The average molecular weight is 283 g/mol. The van der Waals surface area contributed by atoms with Crippen molar-refractivity contribution < 1.29 is 4.74 Å². The molecule has 0 aromatic carbocycles. The van der Waals surface area contributed by atoms with Gasteiger partial charge in [0.05, 0.1) is 0 Å².